The van der Waals surface area contributed by atoms with Gasteiger partial charge in [0.2, 0.25) is 5.91 Å². The van der Waals surface area contributed by atoms with Crippen LogP contribution in [0, 0.1) is 0 Å². The Morgan fingerprint density at radius 2 is 2.28 bits per heavy atom. The summed E-state index contributed by atoms with van der Waals surface area (Å²) in [4.78, 5) is 24.4. The summed E-state index contributed by atoms with van der Waals surface area (Å²) in [5.74, 6) is -1.18. The largest absolute Gasteiger partial charge is 0.480 e. The van der Waals surface area contributed by atoms with E-state index in [1.165, 1.54) is 4.90 Å². The quantitative estimate of drug-likeness (QED) is 0.736. The van der Waals surface area contributed by atoms with Crippen LogP contribution < -0.4 is 5.73 Å². The highest BCUT2D eigenvalue weighted by molar-refractivity contribution is 5.84. The highest BCUT2D eigenvalue weighted by Gasteiger charge is 2.37. The van der Waals surface area contributed by atoms with Gasteiger partial charge in [0.15, 0.2) is 0 Å². The number of rotatable bonds is 4. The number of aromatic nitrogens is 2. The summed E-state index contributed by atoms with van der Waals surface area (Å²) in [7, 11) is 0. The molecule has 0 saturated carbocycles. The molecule has 0 spiro atoms. The van der Waals surface area contributed by atoms with Crippen molar-refractivity contribution in [1.82, 2.24) is 14.7 Å². The van der Waals surface area contributed by atoms with E-state index in [1.807, 2.05) is 0 Å². The van der Waals surface area contributed by atoms with Gasteiger partial charge in [0.1, 0.15) is 6.04 Å². The van der Waals surface area contributed by atoms with Crippen LogP contribution in [0.15, 0.2) is 18.5 Å². The number of aliphatic carboxylic acids is 1. The van der Waals surface area contributed by atoms with Crippen molar-refractivity contribution < 1.29 is 14.7 Å². The zero-order valence-electron chi connectivity index (χ0n) is 9.90. The van der Waals surface area contributed by atoms with Gasteiger partial charge in [0, 0.05) is 37.9 Å². The van der Waals surface area contributed by atoms with Crippen molar-refractivity contribution in [2.45, 2.75) is 31.5 Å². The molecule has 2 rings (SSSR count). The average Bonchev–Trinajstić information content (AvgIpc) is 2.94. The highest BCUT2D eigenvalue weighted by Crippen LogP contribution is 2.18. The standard InChI is InChI=1S/C11H16N4O3/c12-8-6-9(11(17)18)15(7-8)10(16)2-5-14-4-1-3-13-14/h1,3-4,8-9H,2,5-7,12H2,(H,17,18)/t8-,9-/m0/s1. The van der Waals surface area contributed by atoms with Crippen LogP contribution in [0.4, 0.5) is 0 Å². The predicted octanol–water partition coefficient (Wildman–Crippen LogP) is -0.714. The molecule has 1 aliphatic rings. The number of carbonyl (C=O) groups excluding carboxylic acids is 1. The SMILES string of the molecule is N[C@H]1C[C@@H](C(=O)O)N(C(=O)CCn2cccn2)C1. The number of hydrogen-bond donors (Lipinski definition) is 2. The molecule has 0 radical (unpaired) electrons. The van der Waals surface area contributed by atoms with Gasteiger partial charge >= 0.3 is 5.97 Å². The number of hydrogen-bond acceptors (Lipinski definition) is 4. The summed E-state index contributed by atoms with van der Waals surface area (Å²) in [6, 6.07) is 0.737. The van der Waals surface area contributed by atoms with Gasteiger partial charge in [0.05, 0.1) is 0 Å². The first-order valence-corrected chi connectivity index (χ1v) is 5.83. The van der Waals surface area contributed by atoms with Gasteiger partial charge in [-0.3, -0.25) is 9.48 Å². The molecular formula is C11H16N4O3. The molecule has 1 aromatic rings. The third-order valence-electron chi connectivity index (χ3n) is 3.05. The molecule has 2 atom stereocenters. The van der Waals surface area contributed by atoms with E-state index in [0.717, 1.165) is 0 Å². The van der Waals surface area contributed by atoms with Crippen LogP contribution in [0.25, 0.3) is 0 Å². The minimum absolute atomic E-state index is 0.189. The van der Waals surface area contributed by atoms with Gasteiger partial charge < -0.3 is 15.7 Å². The van der Waals surface area contributed by atoms with Crippen molar-refractivity contribution in [1.29, 1.82) is 0 Å². The van der Waals surface area contributed by atoms with Gasteiger partial charge in [0.25, 0.3) is 0 Å². The molecule has 2 heterocycles. The van der Waals surface area contributed by atoms with Crippen LogP contribution in [0.3, 0.4) is 0 Å². The number of aryl methyl sites for hydroxylation is 1. The topological polar surface area (TPSA) is 101 Å². The van der Waals surface area contributed by atoms with Crippen molar-refractivity contribution in [2.75, 3.05) is 6.54 Å². The number of carboxylic acid groups (broad SMARTS) is 1. The molecule has 1 saturated heterocycles. The molecule has 0 aliphatic carbocycles. The van der Waals surface area contributed by atoms with Crippen molar-refractivity contribution in [3.63, 3.8) is 0 Å². The first-order valence-electron chi connectivity index (χ1n) is 5.83. The molecule has 1 aromatic heterocycles. The molecule has 3 N–H and O–H groups in total. The maximum atomic E-state index is 12.0. The maximum absolute atomic E-state index is 12.0. The minimum atomic E-state index is -0.990. The van der Waals surface area contributed by atoms with Crippen LogP contribution >= 0.6 is 0 Å². The fourth-order valence-electron chi connectivity index (χ4n) is 2.16. The number of nitrogens with zero attached hydrogens (tertiary/aromatic N) is 3. The second-order valence-corrected chi connectivity index (χ2v) is 4.42. The lowest BCUT2D eigenvalue weighted by molar-refractivity contribution is -0.148. The normalized spacial score (nSPS) is 23.3. The summed E-state index contributed by atoms with van der Waals surface area (Å²) in [5, 5.41) is 13.0. The highest BCUT2D eigenvalue weighted by atomic mass is 16.4. The molecule has 1 amide bonds. The third kappa shape index (κ3) is 2.67. The Balaban J connectivity index is 1.93. The minimum Gasteiger partial charge on any atom is -0.480 e. The second kappa shape index (κ2) is 5.18. The molecule has 1 fully saturated rings. The molecule has 18 heavy (non-hydrogen) atoms. The van der Waals surface area contributed by atoms with Gasteiger partial charge in [-0.1, -0.05) is 0 Å². The molecule has 0 unspecified atom stereocenters. The lowest BCUT2D eigenvalue weighted by atomic mass is 10.2. The fourth-order valence-corrected chi connectivity index (χ4v) is 2.16. The van der Waals surface area contributed by atoms with E-state index in [1.54, 1.807) is 23.1 Å². The Morgan fingerprint density at radius 3 is 2.89 bits per heavy atom. The Morgan fingerprint density at radius 1 is 1.50 bits per heavy atom. The smallest absolute Gasteiger partial charge is 0.326 e. The van der Waals surface area contributed by atoms with Gasteiger partial charge in [-0.25, -0.2) is 4.79 Å². The number of carbonyl (C=O) groups is 2. The maximum Gasteiger partial charge on any atom is 0.326 e. The van der Waals surface area contributed by atoms with E-state index in [-0.39, 0.29) is 18.4 Å². The summed E-state index contributed by atoms with van der Waals surface area (Å²) in [6.07, 6.45) is 3.95. The lowest BCUT2D eigenvalue weighted by Gasteiger charge is -2.21. The van der Waals surface area contributed by atoms with Crippen molar-refractivity contribution in [3.05, 3.63) is 18.5 Å². The van der Waals surface area contributed by atoms with Crippen LogP contribution in [0.2, 0.25) is 0 Å². The first-order chi connectivity index (χ1) is 8.58. The van der Waals surface area contributed by atoms with Crippen molar-refractivity contribution in [3.8, 4) is 0 Å². The lowest BCUT2D eigenvalue weighted by Crippen LogP contribution is -2.41. The van der Waals surface area contributed by atoms with E-state index < -0.39 is 12.0 Å². The Kier molecular flexibility index (Phi) is 3.61. The van der Waals surface area contributed by atoms with Gasteiger partial charge in [-0.2, -0.15) is 5.10 Å². The fraction of sp³-hybridized carbons (Fsp3) is 0.545. The molecule has 7 nitrogen and oxygen atoms in total. The Hall–Kier alpha value is -1.89. The zero-order chi connectivity index (χ0) is 13.1. The monoisotopic (exact) mass is 252 g/mol. The van der Waals surface area contributed by atoms with Crippen LogP contribution in [-0.2, 0) is 16.1 Å². The first kappa shape index (κ1) is 12.6. The molecule has 7 heteroatoms. The van der Waals surface area contributed by atoms with Crippen molar-refractivity contribution >= 4 is 11.9 Å². The molecule has 0 bridgehead atoms. The number of carboxylic acids is 1. The van der Waals surface area contributed by atoms with E-state index >= 15 is 0 Å². The van der Waals surface area contributed by atoms with Gasteiger partial charge in [-0.15, -0.1) is 0 Å². The predicted molar refractivity (Wildman–Crippen MR) is 62.6 cm³/mol. The third-order valence-corrected chi connectivity index (χ3v) is 3.05. The second-order valence-electron chi connectivity index (χ2n) is 4.42. The number of amides is 1. The van der Waals surface area contributed by atoms with Crippen molar-refractivity contribution in [2.24, 2.45) is 5.73 Å². The summed E-state index contributed by atoms with van der Waals surface area (Å²) in [6.45, 7) is 0.763. The van der Waals surface area contributed by atoms with E-state index in [2.05, 4.69) is 5.10 Å². The van der Waals surface area contributed by atoms with E-state index in [4.69, 9.17) is 10.8 Å². The number of nitrogens with two attached hydrogens (primary N) is 1. The summed E-state index contributed by atoms with van der Waals surface area (Å²) < 4.78 is 1.64. The summed E-state index contributed by atoms with van der Waals surface area (Å²) >= 11 is 0. The molecule has 0 aromatic carbocycles. The van der Waals surface area contributed by atoms with Crippen LogP contribution in [-0.4, -0.2) is 50.3 Å². The average molecular weight is 252 g/mol. The number of likely N-dealkylation sites (tertiary alicyclic amines) is 1. The van der Waals surface area contributed by atoms with E-state index in [9.17, 15) is 9.59 Å². The van der Waals surface area contributed by atoms with Gasteiger partial charge in [-0.05, 0) is 12.5 Å². The van der Waals surface area contributed by atoms with Crippen LogP contribution in [0.1, 0.15) is 12.8 Å². The molecular weight excluding hydrogens is 236 g/mol. The molecule has 1 aliphatic heterocycles. The summed E-state index contributed by atoms with van der Waals surface area (Å²) in [5.41, 5.74) is 5.71. The Labute approximate surface area is 104 Å². The molecule has 98 valence electrons. The van der Waals surface area contributed by atoms with Crippen LogP contribution in [0.5, 0.6) is 0 Å². The Bertz CT molecular complexity index is 432. The van der Waals surface area contributed by atoms with E-state index in [0.29, 0.717) is 19.5 Å². The zero-order valence-corrected chi connectivity index (χ0v) is 9.90.